The number of hydrogen-bond acceptors (Lipinski definition) is 6. The number of aryl methyl sites for hydroxylation is 2. The first-order chi connectivity index (χ1) is 17.0. The number of para-hydroxylation sites is 1. The fraction of sp³-hybridized carbons (Fsp3) is 0.200. The summed E-state index contributed by atoms with van der Waals surface area (Å²) < 4.78 is 1.61. The predicted octanol–water partition coefficient (Wildman–Crippen LogP) is 5.88. The van der Waals surface area contributed by atoms with Crippen molar-refractivity contribution in [2.45, 2.75) is 30.8 Å². The molecule has 0 radical (unpaired) electrons. The number of carbonyl (C=O) groups is 1. The number of halogens is 2. The number of rotatable bonds is 6. The zero-order chi connectivity index (χ0) is 24.4. The Morgan fingerprint density at radius 3 is 2.77 bits per heavy atom. The Balaban J connectivity index is 1.41. The molecule has 0 unspecified atom stereocenters. The molecule has 0 aliphatic heterocycles. The van der Waals surface area contributed by atoms with Crippen LogP contribution in [0.2, 0.25) is 10.0 Å². The maximum Gasteiger partial charge on any atom is 0.267 e. The van der Waals surface area contributed by atoms with Gasteiger partial charge in [0.2, 0.25) is 0 Å². The summed E-state index contributed by atoms with van der Waals surface area (Å²) in [6.45, 7) is 0. The lowest BCUT2D eigenvalue weighted by atomic mass is 9.97. The third-order valence-electron chi connectivity index (χ3n) is 5.66. The molecular formula is C25H20Cl2N4O2S2. The molecule has 1 N–H and O–H groups in total. The van der Waals surface area contributed by atoms with Gasteiger partial charge in [-0.3, -0.25) is 14.2 Å². The molecule has 0 atom stereocenters. The molecule has 0 saturated heterocycles. The fourth-order valence-electron chi connectivity index (χ4n) is 4.03. The SMILES string of the molecule is O=C(CSc1nc2sc3c(c2c(=O)n1-c1ccccc1)CCCC3)NN=Cc1ccc(Cl)cc1Cl. The van der Waals surface area contributed by atoms with E-state index in [4.69, 9.17) is 28.2 Å². The first kappa shape index (κ1) is 24.1. The molecule has 0 fully saturated rings. The standard InChI is InChI=1S/C25H20Cl2N4O2S2/c26-16-11-10-15(19(27)12-16)13-28-30-21(32)14-34-25-29-23-22(18-8-4-5-9-20(18)35-23)24(33)31(25)17-6-2-1-3-7-17/h1-3,6-7,10-13H,4-5,8-9,14H2,(H,30,32). The Kier molecular flexibility index (Phi) is 7.24. The first-order valence-corrected chi connectivity index (χ1v) is 13.6. The van der Waals surface area contributed by atoms with E-state index in [-0.39, 0.29) is 17.2 Å². The highest BCUT2D eigenvalue weighted by molar-refractivity contribution is 7.99. The number of aromatic nitrogens is 2. The summed E-state index contributed by atoms with van der Waals surface area (Å²) in [4.78, 5) is 33.0. The maximum absolute atomic E-state index is 13.7. The number of thioether (sulfide) groups is 1. The van der Waals surface area contributed by atoms with Crippen LogP contribution in [0.15, 0.2) is 63.6 Å². The van der Waals surface area contributed by atoms with Gasteiger partial charge in [-0.25, -0.2) is 10.4 Å². The Morgan fingerprint density at radius 1 is 1.17 bits per heavy atom. The molecule has 35 heavy (non-hydrogen) atoms. The number of carbonyl (C=O) groups excluding carboxylic acids is 1. The Labute approximate surface area is 220 Å². The molecule has 0 bridgehead atoms. The van der Waals surface area contributed by atoms with Gasteiger partial charge in [-0.1, -0.05) is 59.2 Å². The summed E-state index contributed by atoms with van der Waals surface area (Å²) in [6, 6.07) is 14.4. The van der Waals surface area contributed by atoms with Crippen LogP contribution in [0.4, 0.5) is 0 Å². The van der Waals surface area contributed by atoms with Crippen molar-refractivity contribution in [3.05, 3.63) is 84.9 Å². The molecule has 10 heteroatoms. The van der Waals surface area contributed by atoms with E-state index >= 15 is 0 Å². The lowest BCUT2D eigenvalue weighted by molar-refractivity contribution is -0.118. The van der Waals surface area contributed by atoms with E-state index in [0.717, 1.165) is 41.8 Å². The van der Waals surface area contributed by atoms with Gasteiger partial charge in [0.1, 0.15) is 4.83 Å². The van der Waals surface area contributed by atoms with Crippen molar-refractivity contribution in [1.29, 1.82) is 0 Å². The lowest BCUT2D eigenvalue weighted by Crippen LogP contribution is -2.24. The van der Waals surface area contributed by atoms with Crippen molar-refractivity contribution in [2.24, 2.45) is 5.10 Å². The number of amides is 1. The van der Waals surface area contributed by atoms with Crippen LogP contribution in [-0.2, 0) is 17.6 Å². The van der Waals surface area contributed by atoms with Crippen LogP contribution in [0, 0.1) is 0 Å². The van der Waals surface area contributed by atoms with Gasteiger partial charge in [-0.15, -0.1) is 11.3 Å². The first-order valence-electron chi connectivity index (χ1n) is 11.0. The smallest absolute Gasteiger partial charge is 0.267 e. The summed E-state index contributed by atoms with van der Waals surface area (Å²) in [5, 5.41) is 6.14. The summed E-state index contributed by atoms with van der Waals surface area (Å²) in [5.41, 5.74) is 4.91. The van der Waals surface area contributed by atoms with E-state index in [1.54, 1.807) is 34.1 Å². The van der Waals surface area contributed by atoms with Gasteiger partial charge < -0.3 is 0 Å². The average Bonchev–Trinajstić information content (AvgIpc) is 3.23. The topological polar surface area (TPSA) is 76.3 Å². The number of hydrazone groups is 1. The third kappa shape index (κ3) is 5.16. The highest BCUT2D eigenvalue weighted by Crippen LogP contribution is 2.35. The van der Waals surface area contributed by atoms with Crippen LogP contribution in [0.25, 0.3) is 15.9 Å². The zero-order valence-corrected chi connectivity index (χ0v) is 21.6. The average molecular weight is 544 g/mol. The van der Waals surface area contributed by atoms with Crippen LogP contribution >= 0.6 is 46.3 Å². The summed E-state index contributed by atoms with van der Waals surface area (Å²) in [7, 11) is 0. The lowest BCUT2D eigenvalue weighted by Gasteiger charge is -2.13. The third-order valence-corrected chi connectivity index (χ3v) is 8.35. The Hall–Kier alpha value is -2.65. The minimum absolute atomic E-state index is 0.0432. The number of nitrogens with zero attached hydrogens (tertiary/aromatic N) is 3. The van der Waals surface area contributed by atoms with Gasteiger partial charge in [0.15, 0.2) is 5.16 Å². The Morgan fingerprint density at radius 2 is 1.97 bits per heavy atom. The van der Waals surface area contributed by atoms with E-state index in [9.17, 15) is 9.59 Å². The van der Waals surface area contributed by atoms with Crippen LogP contribution < -0.4 is 11.0 Å². The van der Waals surface area contributed by atoms with Gasteiger partial charge in [0.25, 0.3) is 11.5 Å². The fourth-order valence-corrected chi connectivity index (χ4v) is 6.60. The van der Waals surface area contributed by atoms with Gasteiger partial charge in [-0.05, 0) is 55.5 Å². The van der Waals surface area contributed by atoms with Gasteiger partial charge in [-0.2, -0.15) is 5.10 Å². The predicted molar refractivity (Wildman–Crippen MR) is 145 cm³/mol. The Bertz CT molecular complexity index is 1500. The van der Waals surface area contributed by atoms with E-state index in [2.05, 4.69) is 10.5 Å². The van der Waals surface area contributed by atoms with Gasteiger partial charge in [0.05, 0.1) is 28.1 Å². The quantitative estimate of drug-likeness (QED) is 0.143. The van der Waals surface area contributed by atoms with E-state index < -0.39 is 0 Å². The number of nitrogens with one attached hydrogen (secondary N) is 1. The van der Waals surface area contributed by atoms with Crippen LogP contribution in [-0.4, -0.2) is 27.4 Å². The molecule has 1 aliphatic rings. The second-order valence-electron chi connectivity index (χ2n) is 8.01. The molecule has 0 spiro atoms. The molecule has 1 amide bonds. The van der Waals surface area contributed by atoms with Crippen molar-refractivity contribution in [3.8, 4) is 5.69 Å². The number of thiophene rings is 1. The highest BCUT2D eigenvalue weighted by atomic mass is 35.5. The largest absolute Gasteiger partial charge is 0.272 e. The zero-order valence-electron chi connectivity index (χ0n) is 18.5. The van der Waals surface area contributed by atoms with Crippen molar-refractivity contribution < 1.29 is 4.79 Å². The van der Waals surface area contributed by atoms with Gasteiger partial charge in [0, 0.05) is 15.5 Å². The van der Waals surface area contributed by atoms with Crippen LogP contribution in [0.5, 0.6) is 0 Å². The molecular weight excluding hydrogens is 523 g/mol. The number of hydrogen-bond donors (Lipinski definition) is 1. The molecule has 1 aliphatic carbocycles. The van der Waals surface area contributed by atoms with E-state index in [1.165, 1.54) is 22.9 Å². The second kappa shape index (κ2) is 10.5. The molecule has 4 aromatic rings. The molecule has 2 aromatic heterocycles. The normalized spacial score (nSPS) is 13.3. The van der Waals surface area contributed by atoms with Crippen molar-refractivity contribution in [2.75, 3.05) is 5.75 Å². The monoisotopic (exact) mass is 542 g/mol. The molecule has 0 saturated carbocycles. The summed E-state index contributed by atoms with van der Waals surface area (Å²) in [5.74, 6) is -0.280. The summed E-state index contributed by atoms with van der Waals surface area (Å²) >= 11 is 14.8. The van der Waals surface area contributed by atoms with Gasteiger partial charge >= 0.3 is 0 Å². The minimum Gasteiger partial charge on any atom is -0.272 e. The van der Waals surface area contributed by atoms with Crippen LogP contribution in [0.3, 0.4) is 0 Å². The van der Waals surface area contributed by atoms with Crippen molar-refractivity contribution >= 4 is 68.6 Å². The molecule has 2 aromatic carbocycles. The van der Waals surface area contributed by atoms with E-state index in [1.807, 2.05) is 30.3 Å². The highest BCUT2D eigenvalue weighted by Gasteiger charge is 2.23. The molecule has 6 nitrogen and oxygen atoms in total. The number of benzene rings is 2. The second-order valence-corrected chi connectivity index (χ2v) is 10.9. The van der Waals surface area contributed by atoms with Crippen molar-refractivity contribution in [1.82, 2.24) is 15.0 Å². The molecule has 5 rings (SSSR count). The summed E-state index contributed by atoms with van der Waals surface area (Å²) in [6.07, 6.45) is 5.58. The maximum atomic E-state index is 13.7. The number of fused-ring (bicyclic) bond motifs is 3. The van der Waals surface area contributed by atoms with E-state index in [0.29, 0.717) is 26.2 Å². The molecule has 2 heterocycles. The molecule has 178 valence electrons. The van der Waals surface area contributed by atoms with Crippen LogP contribution in [0.1, 0.15) is 28.8 Å². The van der Waals surface area contributed by atoms with Crippen molar-refractivity contribution in [3.63, 3.8) is 0 Å². The minimum atomic E-state index is -0.323.